The summed E-state index contributed by atoms with van der Waals surface area (Å²) in [5.41, 5.74) is -0.564. The maximum atomic E-state index is 10.4. The minimum Gasteiger partial charge on any atom is -0.481 e. The van der Waals surface area contributed by atoms with Crippen molar-refractivity contribution in [3.05, 3.63) is 0 Å². The van der Waals surface area contributed by atoms with E-state index >= 15 is 0 Å². The third kappa shape index (κ3) is 7.30. The normalized spacial score (nSPS) is 12.2. The molecule has 0 aromatic heterocycles. The molecule has 3 heteroatoms. The zero-order valence-electron chi connectivity index (χ0n) is 10.7. The molecule has 0 saturated heterocycles. The smallest absolute Gasteiger partial charge is 0.303 e. The van der Waals surface area contributed by atoms with Gasteiger partial charge in [0.2, 0.25) is 0 Å². The van der Waals surface area contributed by atoms with Crippen molar-refractivity contribution >= 4 is 5.97 Å². The van der Waals surface area contributed by atoms with E-state index in [1.54, 1.807) is 0 Å². The first kappa shape index (κ1) is 15.0. The fourth-order valence-corrected chi connectivity index (χ4v) is 1.13. The van der Waals surface area contributed by atoms with Crippen LogP contribution in [-0.2, 0) is 9.53 Å². The van der Waals surface area contributed by atoms with Gasteiger partial charge >= 0.3 is 5.97 Å². The number of ether oxygens (including phenoxy) is 1. The highest BCUT2D eigenvalue weighted by Crippen LogP contribution is 2.22. The first-order valence-corrected chi connectivity index (χ1v) is 5.52. The van der Waals surface area contributed by atoms with Crippen LogP contribution < -0.4 is 0 Å². The van der Waals surface area contributed by atoms with Crippen LogP contribution in [0.15, 0.2) is 0 Å². The zero-order valence-corrected chi connectivity index (χ0v) is 10.7. The average Bonchev–Trinajstić information content (AvgIpc) is 2.14. The number of terminal acetylenes is 1. The summed E-state index contributed by atoms with van der Waals surface area (Å²) in [6.07, 6.45) is 6.79. The Hall–Kier alpha value is -1.01. The molecule has 0 saturated carbocycles. The van der Waals surface area contributed by atoms with Crippen LogP contribution in [0.2, 0.25) is 0 Å². The second-order valence-corrected chi connectivity index (χ2v) is 5.28. The molecule has 0 fully saturated rings. The summed E-state index contributed by atoms with van der Waals surface area (Å²) in [5, 5.41) is 8.59. The van der Waals surface area contributed by atoms with Crippen LogP contribution in [0.5, 0.6) is 0 Å². The van der Waals surface area contributed by atoms with Gasteiger partial charge < -0.3 is 9.84 Å². The van der Waals surface area contributed by atoms with Crippen LogP contribution in [-0.4, -0.2) is 23.3 Å². The summed E-state index contributed by atoms with van der Waals surface area (Å²) in [7, 11) is 0. The molecule has 0 aromatic carbocycles. The predicted molar refractivity (Wildman–Crippen MR) is 64.1 cm³/mol. The number of hydrogen-bond acceptors (Lipinski definition) is 2. The van der Waals surface area contributed by atoms with E-state index in [0.29, 0.717) is 13.0 Å². The lowest BCUT2D eigenvalue weighted by molar-refractivity contribution is -0.139. The first-order chi connectivity index (χ1) is 7.18. The van der Waals surface area contributed by atoms with E-state index in [4.69, 9.17) is 16.3 Å². The largest absolute Gasteiger partial charge is 0.481 e. The topological polar surface area (TPSA) is 46.5 Å². The Balaban J connectivity index is 3.92. The Labute approximate surface area is 98.2 Å². The number of rotatable bonds is 7. The monoisotopic (exact) mass is 226 g/mol. The zero-order chi connectivity index (χ0) is 12.8. The van der Waals surface area contributed by atoms with Gasteiger partial charge in [-0.1, -0.05) is 0 Å². The van der Waals surface area contributed by atoms with Crippen LogP contribution in [0.1, 0.15) is 47.0 Å². The Bertz CT molecular complexity index is 271. The van der Waals surface area contributed by atoms with Gasteiger partial charge in [0, 0.05) is 18.4 Å². The van der Waals surface area contributed by atoms with E-state index in [1.807, 2.05) is 27.7 Å². The maximum Gasteiger partial charge on any atom is 0.303 e. The summed E-state index contributed by atoms with van der Waals surface area (Å²) in [6, 6.07) is 0. The van der Waals surface area contributed by atoms with E-state index in [9.17, 15) is 4.79 Å². The predicted octanol–water partition coefficient (Wildman–Crippen LogP) is 2.70. The molecule has 92 valence electrons. The van der Waals surface area contributed by atoms with Crippen LogP contribution in [0, 0.1) is 17.8 Å². The molecule has 0 atom stereocenters. The lowest BCUT2D eigenvalue weighted by Gasteiger charge is -2.26. The molecule has 0 spiro atoms. The van der Waals surface area contributed by atoms with Crippen molar-refractivity contribution in [1.82, 2.24) is 0 Å². The summed E-state index contributed by atoms with van der Waals surface area (Å²) in [5.74, 6) is 1.91. The van der Waals surface area contributed by atoms with Gasteiger partial charge in [-0.3, -0.25) is 4.79 Å². The van der Waals surface area contributed by atoms with Crippen LogP contribution in [0.4, 0.5) is 0 Å². The van der Waals surface area contributed by atoms with Crippen molar-refractivity contribution in [3.63, 3.8) is 0 Å². The van der Waals surface area contributed by atoms with Crippen molar-refractivity contribution in [2.45, 2.75) is 52.6 Å². The maximum absolute atomic E-state index is 10.4. The third-order valence-corrected chi connectivity index (χ3v) is 2.55. The van der Waals surface area contributed by atoms with Crippen molar-refractivity contribution in [3.8, 4) is 12.3 Å². The van der Waals surface area contributed by atoms with Gasteiger partial charge in [-0.15, -0.1) is 12.3 Å². The van der Waals surface area contributed by atoms with E-state index in [2.05, 4.69) is 5.92 Å². The summed E-state index contributed by atoms with van der Waals surface area (Å²) in [6.45, 7) is 8.34. The van der Waals surface area contributed by atoms with Crippen molar-refractivity contribution in [2.75, 3.05) is 6.61 Å². The van der Waals surface area contributed by atoms with Gasteiger partial charge in [0.1, 0.15) is 0 Å². The van der Waals surface area contributed by atoms with E-state index in [-0.39, 0.29) is 11.8 Å². The lowest BCUT2D eigenvalue weighted by Crippen LogP contribution is -2.27. The molecule has 0 heterocycles. The molecular weight excluding hydrogens is 204 g/mol. The van der Waals surface area contributed by atoms with Gasteiger partial charge in [0.25, 0.3) is 0 Å². The van der Waals surface area contributed by atoms with Gasteiger partial charge in [0.05, 0.1) is 5.60 Å². The molecule has 0 unspecified atom stereocenters. The quantitative estimate of drug-likeness (QED) is 0.679. The average molecular weight is 226 g/mol. The van der Waals surface area contributed by atoms with Gasteiger partial charge in [0.15, 0.2) is 0 Å². The number of carboxylic acid groups (broad SMARTS) is 1. The molecule has 16 heavy (non-hydrogen) atoms. The molecule has 0 aromatic rings. The van der Waals surface area contributed by atoms with E-state index in [0.717, 1.165) is 6.42 Å². The Kier molecular flexibility index (Phi) is 5.53. The summed E-state index contributed by atoms with van der Waals surface area (Å²) in [4.78, 5) is 10.4. The van der Waals surface area contributed by atoms with Crippen molar-refractivity contribution < 1.29 is 14.6 Å². The fraction of sp³-hybridized carbons (Fsp3) is 0.769. The van der Waals surface area contributed by atoms with E-state index < -0.39 is 11.6 Å². The standard InChI is InChI=1S/C13H22O3/c1-6-12(2,3)9-10-16-13(4,5)8-7-11(14)15/h1H,7-10H2,2-5H3,(H,14,15). The van der Waals surface area contributed by atoms with Crippen LogP contribution in [0.25, 0.3) is 0 Å². The Morgan fingerprint density at radius 1 is 1.31 bits per heavy atom. The SMILES string of the molecule is C#CC(C)(C)CCOC(C)(C)CCC(=O)O. The number of aliphatic carboxylic acids is 1. The second kappa shape index (κ2) is 5.91. The molecule has 0 aliphatic heterocycles. The van der Waals surface area contributed by atoms with Gasteiger partial charge in [-0.2, -0.15) is 0 Å². The molecule has 0 bridgehead atoms. The molecular formula is C13H22O3. The van der Waals surface area contributed by atoms with Crippen molar-refractivity contribution in [1.29, 1.82) is 0 Å². The number of carboxylic acids is 1. The molecule has 3 nitrogen and oxygen atoms in total. The molecule has 0 aliphatic rings. The highest BCUT2D eigenvalue weighted by molar-refractivity contribution is 5.66. The lowest BCUT2D eigenvalue weighted by atomic mass is 9.91. The highest BCUT2D eigenvalue weighted by atomic mass is 16.5. The molecule has 0 amide bonds. The number of hydrogen-bond donors (Lipinski definition) is 1. The summed E-state index contributed by atoms with van der Waals surface area (Å²) < 4.78 is 5.66. The minimum absolute atomic E-state index is 0.130. The van der Waals surface area contributed by atoms with E-state index in [1.165, 1.54) is 0 Å². The Morgan fingerprint density at radius 2 is 1.88 bits per heavy atom. The molecule has 0 radical (unpaired) electrons. The van der Waals surface area contributed by atoms with Crippen LogP contribution in [0.3, 0.4) is 0 Å². The van der Waals surface area contributed by atoms with Gasteiger partial charge in [-0.05, 0) is 40.5 Å². The minimum atomic E-state index is -0.791. The Morgan fingerprint density at radius 3 is 2.31 bits per heavy atom. The second-order valence-electron chi connectivity index (χ2n) is 5.28. The van der Waals surface area contributed by atoms with Crippen LogP contribution >= 0.6 is 0 Å². The molecule has 1 N–H and O–H groups in total. The summed E-state index contributed by atoms with van der Waals surface area (Å²) >= 11 is 0. The van der Waals surface area contributed by atoms with Crippen molar-refractivity contribution in [2.24, 2.45) is 5.41 Å². The number of carbonyl (C=O) groups is 1. The third-order valence-electron chi connectivity index (χ3n) is 2.55. The fourth-order valence-electron chi connectivity index (χ4n) is 1.13. The highest BCUT2D eigenvalue weighted by Gasteiger charge is 2.21. The molecule has 0 aliphatic carbocycles. The first-order valence-electron chi connectivity index (χ1n) is 5.52. The van der Waals surface area contributed by atoms with Gasteiger partial charge in [-0.25, -0.2) is 0 Å². The molecule has 0 rings (SSSR count).